The first-order valence-corrected chi connectivity index (χ1v) is 5.15. The molecule has 5 nitrogen and oxygen atoms in total. The predicted octanol–water partition coefficient (Wildman–Crippen LogP) is 1.12. The summed E-state index contributed by atoms with van der Waals surface area (Å²) in [4.78, 5) is 14.6. The van der Waals surface area contributed by atoms with Crippen LogP contribution in [0.4, 0.5) is 0 Å². The molecule has 2 heterocycles. The summed E-state index contributed by atoms with van der Waals surface area (Å²) >= 11 is 0. The van der Waals surface area contributed by atoms with Crippen LogP contribution in [0.2, 0.25) is 0 Å². The smallest absolute Gasteiger partial charge is 0.309 e. The van der Waals surface area contributed by atoms with Crippen molar-refractivity contribution in [1.29, 1.82) is 0 Å². The molecule has 1 aromatic heterocycles. The summed E-state index contributed by atoms with van der Waals surface area (Å²) in [6.45, 7) is 0.974. The van der Waals surface area contributed by atoms with Gasteiger partial charge >= 0.3 is 5.97 Å². The molecule has 1 saturated heterocycles. The topological polar surface area (TPSA) is 75.4 Å². The van der Waals surface area contributed by atoms with Crippen molar-refractivity contribution in [3.63, 3.8) is 0 Å². The van der Waals surface area contributed by atoms with E-state index in [2.05, 4.69) is 10.3 Å². The highest BCUT2D eigenvalue weighted by Crippen LogP contribution is 2.22. The first-order chi connectivity index (χ1) is 7.25. The van der Waals surface area contributed by atoms with Crippen molar-refractivity contribution in [1.82, 2.24) is 10.3 Å². The van der Waals surface area contributed by atoms with Crippen LogP contribution in [0, 0.1) is 0 Å². The second-order valence-corrected chi connectivity index (χ2v) is 3.75. The zero-order valence-corrected chi connectivity index (χ0v) is 8.40. The van der Waals surface area contributed by atoms with Gasteiger partial charge in [0.15, 0.2) is 0 Å². The van der Waals surface area contributed by atoms with Gasteiger partial charge in [0.05, 0.1) is 18.2 Å². The molecule has 1 unspecified atom stereocenters. The van der Waals surface area contributed by atoms with Crippen LogP contribution in [0.5, 0.6) is 0 Å². The molecule has 0 aromatic carbocycles. The van der Waals surface area contributed by atoms with Gasteiger partial charge in [-0.25, -0.2) is 4.98 Å². The van der Waals surface area contributed by atoms with Crippen molar-refractivity contribution in [3.05, 3.63) is 17.8 Å². The molecule has 0 spiro atoms. The number of hydrogen-bond acceptors (Lipinski definition) is 4. The van der Waals surface area contributed by atoms with E-state index in [1.807, 2.05) is 0 Å². The van der Waals surface area contributed by atoms with Gasteiger partial charge in [0.1, 0.15) is 6.26 Å². The molecule has 1 atom stereocenters. The number of carboxylic acids is 1. The lowest BCUT2D eigenvalue weighted by molar-refractivity contribution is -0.136. The number of hydrogen-bond donors (Lipinski definition) is 2. The van der Waals surface area contributed by atoms with Gasteiger partial charge in [-0.1, -0.05) is 6.42 Å². The van der Waals surface area contributed by atoms with Crippen molar-refractivity contribution in [2.75, 3.05) is 6.54 Å². The summed E-state index contributed by atoms with van der Waals surface area (Å²) in [5, 5.41) is 11.9. The number of oxazole rings is 1. The van der Waals surface area contributed by atoms with Gasteiger partial charge in [-0.3, -0.25) is 4.79 Å². The van der Waals surface area contributed by atoms with Crippen LogP contribution in [0.25, 0.3) is 0 Å². The Morgan fingerprint density at radius 2 is 2.53 bits per heavy atom. The Morgan fingerprint density at radius 3 is 3.20 bits per heavy atom. The Hall–Kier alpha value is -1.36. The van der Waals surface area contributed by atoms with Crippen LogP contribution in [0.15, 0.2) is 10.7 Å². The highest BCUT2D eigenvalue weighted by molar-refractivity contribution is 5.69. The van der Waals surface area contributed by atoms with E-state index in [9.17, 15) is 4.79 Å². The molecular formula is C10H14N2O3. The summed E-state index contributed by atoms with van der Waals surface area (Å²) < 4.78 is 5.27. The molecule has 0 amide bonds. The van der Waals surface area contributed by atoms with Gasteiger partial charge in [-0.2, -0.15) is 0 Å². The minimum Gasteiger partial charge on any atom is -0.481 e. The second-order valence-electron chi connectivity index (χ2n) is 3.75. The number of piperidine rings is 1. The molecule has 5 heteroatoms. The molecule has 0 bridgehead atoms. The first-order valence-electron chi connectivity index (χ1n) is 5.15. The Balaban J connectivity index is 2.02. The van der Waals surface area contributed by atoms with E-state index in [0.29, 0.717) is 11.6 Å². The van der Waals surface area contributed by atoms with Crippen LogP contribution < -0.4 is 5.32 Å². The van der Waals surface area contributed by atoms with E-state index in [1.54, 1.807) is 0 Å². The second kappa shape index (κ2) is 4.44. The lowest BCUT2D eigenvalue weighted by Crippen LogP contribution is -2.27. The lowest BCUT2D eigenvalue weighted by Gasteiger charge is -2.20. The molecule has 0 aliphatic carbocycles. The monoisotopic (exact) mass is 210 g/mol. The molecule has 1 aromatic rings. The molecular weight excluding hydrogens is 196 g/mol. The van der Waals surface area contributed by atoms with Gasteiger partial charge in [-0.15, -0.1) is 0 Å². The fraction of sp³-hybridized carbons (Fsp3) is 0.600. The normalized spacial score (nSPS) is 21.5. The number of nitrogens with one attached hydrogen (secondary N) is 1. The number of nitrogens with zero attached hydrogens (tertiary/aromatic N) is 1. The van der Waals surface area contributed by atoms with E-state index in [4.69, 9.17) is 9.52 Å². The first kappa shape index (κ1) is 10.2. The van der Waals surface area contributed by atoms with E-state index < -0.39 is 5.97 Å². The molecule has 0 radical (unpaired) electrons. The molecule has 1 fully saturated rings. The van der Waals surface area contributed by atoms with Crippen LogP contribution in [0.1, 0.15) is 36.9 Å². The maximum absolute atomic E-state index is 10.5. The summed E-state index contributed by atoms with van der Waals surface area (Å²) in [6, 6.07) is 0.154. The third-order valence-electron chi connectivity index (χ3n) is 2.51. The summed E-state index contributed by atoms with van der Waals surface area (Å²) in [5.41, 5.74) is 0.491. The number of carbonyl (C=O) groups is 1. The van der Waals surface area contributed by atoms with E-state index in [1.165, 1.54) is 12.7 Å². The molecule has 0 saturated carbocycles. The molecule has 2 N–H and O–H groups in total. The molecule has 82 valence electrons. The molecule has 1 aliphatic rings. The van der Waals surface area contributed by atoms with E-state index in [0.717, 1.165) is 19.4 Å². The SMILES string of the molecule is O=C(O)Cc1coc(C2CCCCN2)n1. The Kier molecular flexibility index (Phi) is 3.01. The van der Waals surface area contributed by atoms with Gasteiger partial charge in [-0.05, 0) is 19.4 Å². The molecule has 1 aliphatic heterocycles. The molecule has 2 rings (SSSR count). The standard InChI is InChI=1S/C10H14N2O3/c13-9(14)5-7-6-15-10(12-7)8-3-1-2-4-11-8/h6,8,11H,1-5H2,(H,13,14). The van der Waals surface area contributed by atoms with Crippen LogP contribution >= 0.6 is 0 Å². The van der Waals surface area contributed by atoms with Crippen molar-refractivity contribution in [2.45, 2.75) is 31.7 Å². The van der Waals surface area contributed by atoms with Crippen LogP contribution in [-0.4, -0.2) is 22.6 Å². The zero-order valence-electron chi connectivity index (χ0n) is 8.40. The fourth-order valence-electron chi connectivity index (χ4n) is 1.78. The summed E-state index contributed by atoms with van der Waals surface area (Å²) in [6.07, 6.45) is 4.70. The quantitative estimate of drug-likeness (QED) is 0.781. The fourth-order valence-corrected chi connectivity index (χ4v) is 1.78. The Labute approximate surface area is 87.5 Å². The average Bonchev–Trinajstić information content (AvgIpc) is 2.67. The highest BCUT2D eigenvalue weighted by Gasteiger charge is 2.20. The van der Waals surface area contributed by atoms with E-state index >= 15 is 0 Å². The Bertz CT molecular complexity index is 342. The van der Waals surface area contributed by atoms with Gasteiger partial charge in [0, 0.05) is 0 Å². The van der Waals surface area contributed by atoms with Crippen molar-refractivity contribution >= 4 is 5.97 Å². The van der Waals surface area contributed by atoms with Crippen molar-refractivity contribution < 1.29 is 14.3 Å². The highest BCUT2D eigenvalue weighted by atomic mass is 16.4. The van der Waals surface area contributed by atoms with Gasteiger partial charge in [0.2, 0.25) is 5.89 Å². The Morgan fingerprint density at radius 1 is 1.67 bits per heavy atom. The minimum atomic E-state index is -0.883. The summed E-state index contributed by atoms with van der Waals surface area (Å²) in [7, 11) is 0. The predicted molar refractivity (Wildman–Crippen MR) is 52.4 cm³/mol. The zero-order chi connectivity index (χ0) is 10.7. The number of carboxylic acid groups (broad SMARTS) is 1. The van der Waals surface area contributed by atoms with Gasteiger partial charge in [0.25, 0.3) is 0 Å². The largest absolute Gasteiger partial charge is 0.481 e. The third-order valence-corrected chi connectivity index (χ3v) is 2.51. The minimum absolute atomic E-state index is 0.0732. The van der Waals surface area contributed by atoms with Crippen LogP contribution in [0.3, 0.4) is 0 Å². The maximum atomic E-state index is 10.5. The van der Waals surface area contributed by atoms with Crippen LogP contribution in [-0.2, 0) is 11.2 Å². The average molecular weight is 210 g/mol. The van der Waals surface area contributed by atoms with Crippen molar-refractivity contribution in [2.24, 2.45) is 0 Å². The lowest BCUT2D eigenvalue weighted by atomic mass is 10.1. The van der Waals surface area contributed by atoms with Crippen molar-refractivity contribution in [3.8, 4) is 0 Å². The molecule has 15 heavy (non-hydrogen) atoms. The summed E-state index contributed by atoms with van der Waals surface area (Å²) in [5.74, 6) is -0.266. The number of aliphatic carboxylic acids is 1. The van der Waals surface area contributed by atoms with Gasteiger partial charge < -0.3 is 14.8 Å². The third kappa shape index (κ3) is 2.56. The van der Waals surface area contributed by atoms with E-state index in [-0.39, 0.29) is 12.5 Å². The number of rotatable bonds is 3. The number of aromatic nitrogens is 1. The maximum Gasteiger partial charge on any atom is 0.309 e.